The molecule has 0 aromatic rings. The van der Waals surface area contributed by atoms with Crippen molar-refractivity contribution >= 4 is 73.7 Å². The van der Waals surface area contributed by atoms with Gasteiger partial charge in [-0.1, -0.05) is 0 Å². The van der Waals surface area contributed by atoms with Gasteiger partial charge in [-0.3, -0.25) is 0 Å². The van der Waals surface area contributed by atoms with E-state index in [1.165, 1.54) is 0 Å². The van der Waals surface area contributed by atoms with Crippen molar-refractivity contribution in [3.05, 3.63) is 0 Å². The van der Waals surface area contributed by atoms with Gasteiger partial charge in [-0.2, -0.15) is 0 Å². The molecule has 27 valence electrons. The summed E-state index contributed by atoms with van der Waals surface area (Å²) < 4.78 is 0. The summed E-state index contributed by atoms with van der Waals surface area (Å²) in [5.74, 6) is 0. The molecule has 4 heavy (non-hydrogen) atoms. The van der Waals surface area contributed by atoms with Crippen LogP contribution in [-0.4, -0.2) is 48.9 Å². The van der Waals surface area contributed by atoms with E-state index >= 15 is 0 Å². The molecule has 0 fully saturated rings. The topological polar surface area (TPSA) is 0 Å². The Bertz CT molecular complexity index is 11.5. The van der Waals surface area contributed by atoms with E-state index in [9.17, 15) is 0 Å². The number of hydrogen-bond acceptors (Lipinski definition) is 0. The van der Waals surface area contributed by atoms with Crippen molar-refractivity contribution < 1.29 is 52.2 Å². The third-order valence-electron chi connectivity index (χ3n) is 0. The minimum Gasteiger partial charge on any atom is -1.00 e. The Morgan fingerprint density at radius 1 is 1.00 bits per heavy atom. The van der Waals surface area contributed by atoms with E-state index in [-0.39, 0.29) is 126 Å². The first kappa shape index (κ1) is 25.1. The van der Waals surface area contributed by atoms with Gasteiger partial charge in [0.05, 0.1) is 0 Å². The van der Waals surface area contributed by atoms with Crippen LogP contribution in [0.3, 0.4) is 0 Å². The van der Waals surface area contributed by atoms with Crippen LogP contribution >= 0.6 is 24.8 Å². The van der Waals surface area contributed by atoms with E-state index in [0.29, 0.717) is 0 Å². The second kappa shape index (κ2) is 15.9. The summed E-state index contributed by atoms with van der Waals surface area (Å²) in [5, 5.41) is 0. The maximum absolute atomic E-state index is 0. The van der Waals surface area contributed by atoms with Crippen LogP contribution in [0, 0.1) is 49.4 Å². The summed E-state index contributed by atoms with van der Waals surface area (Å²) in [5.41, 5.74) is 0. The van der Waals surface area contributed by atoms with Crippen LogP contribution in [0.4, 0.5) is 0 Å². The Hall–Kier alpha value is 3.74. The molecule has 0 bridgehead atoms. The summed E-state index contributed by atoms with van der Waals surface area (Å²) in [6, 6.07) is 0. The molecule has 0 unspecified atom stereocenters. The zero-order valence-electron chi connectivity index (χ0n) is 3.90. The second-order valence-corrected chi connectivity index (χ2v) is 0. The molecule has 0 aliphatic rings. The Morgan fingerprint density at radius 2 is 1.00 bits per heavy atom. The predicted octanol–water partition coefficient (Wildman–Crippen LogP) is 0.688. The third kappa shape index (κ3) is 9.22. The molecule has 4 heteroatoms. The van der Waals surface area contributed by atoms with Gasteiger partial charge in [0, 0.05) is 49.4 Å². The van der Waals surface area contributed by atoms with Crippen LogP contribution < -0.4 is 0 Å². The Morgan fingerprint density at radius 3 is 1.00 bits per heavy atom. The molecule has 0 saturated carbocycles. The summed E-state index contributed by atoms with van der Waals surface area (Å²) >= 11 is 0. The van der Waals surface area contributed by atoms with Crippen molar-refractivity contribution in [1.82, 2.24) is 0 Å². The average Bonchev–Trinajstić information content (AvgIpc) is 0. The fourth-order valence-electron chi connectivity index (χ4n) is 0. The van der Waals surface area contributed by atoms with Crippen LogP contribution in [0.2, 0.25) is 0 Å². The summed E-state index contributed by atoms with van der Waals surface area (Å²) in [4.78, 5) is 0. The van der Waals surface area contributed by atoms with Gasteiger partial charge >= 0.3 is 48.9 Å². The Balaban J connectivity index is 0. The van der Waals surface area contributed by atoms with Crippen LogP contribution in [0.1, 0.15) is 2.85 Å². The fraction of sp³-hybridized carbons (Fsp3) is 0. The average molecular weight is 364 g/mol. The van der Waals surface area contributed by atoms with Crippen molar-refractivity contribution in [1.29, 1.82) is 0 Å². The molecule has 0 heterocycles. The third-order valence-corrected chi connectivity index (χ3v) is 0. The van der Waals surface area contributed by atoms with Crippen molar-refractivity contribution in [2.75, 3.05) is 0 Å². The molecule has 0 aromatic heterocycles. The van der Waals surface area contributed by atoms with Gasteiger partial charge in [-0.05, 0) is 0 Å². The van der Waals surface area contributed by atoms with E-state index in [2.05, 4.69) is 0 Å². The molecule has 1 radical (unpaired) electrons. The standard InChI is InChI=1S/Ba.2ClH.Eu.2H/h;2*1H;;;/q+2;;;;2*-1. The normalized spacial score (nSPS) is 0. The van der Waals surface area contributed by atoms with Crippen molar-refractivity contribution in [3.63, 3.8) is 0 Å². The minimum atomic E-state index is 0. The monoisotopic (exact) mass is 365 g/mol. The molecular formula is H4BaCl2Eu. The van der Waals surface area contributed by atoms with Crippen molar-refractivity contribution in [2.24, 2.45) is 0 Å². The van der Waals surface area contributed by atoms with Gasteiger partial charge in [0.1, 0.15) is 0 Å². The van der Waals surface area contributed by atoms with E-state index < -0.39 is 0 Å². The van der Waals surface area contributed by atoms with Gasteiger partial charge in [-0.25, -0.2) is 0 Å². The van der Waals surface area contributed by atoms with Gasteiger partial charge in [0.2, 0.25) is 0 Å². The molecule has 0 amide bonds. The zero-order valence-corrected chi connectivity index (χ0v) is 10.4. The van der Waals surface area contributed by atoms with Gasteiger partial charge in [0.15, 0.2) is 0 Å². The van der Waals surface area contributed by atoms with E-state index in [4.69, 9.17) is 0 Å². The fourth-order valence-corrected chi connectivity index (χ4v) is 0. The SMILES string of the molecule is Cl.Cl.[Ba+2].[Eu].[H-].[H-]. The number of rotatable bonds is 0. The number of hydrogen-bond donors (Lipinski definition) is 0. The molecule has 0 nitrogen and oxygen atoms in total. The van der Waals surface area contributed by atoms with Crippen molar-refractivity contribution in [3.8, 4) is 0 Å². The maximum atomic E-state index is 0. The van der Waals surface area contributed by atoms with E-state index in [1.807, 2.05) is 0 Å². The van der Waals surface area contributed by atoms with Gasteiger partial charge in [-0.15, -0.1) is 24.8 Å². The van der Waals surface area contributed by atoms with Crippen LogP contribution in [0.15, 0.2) is 0 Å². The van der Waals surface area contributed by atoms with Gasteiger partial charge in [0.25, 0.3) is 0 Å². The molecule has 0 rings (SSSR count). The summed E-state index contributed by atoms with van der Waals surface area (Å²) in [7, 11) is 0. The van der Waals surface area contributed by atoms with E-state index in [1.54, 1.807) is 0 Å². The summed E-state index contributed by atoms with van der Waals surface area (Å²) in [6.07, 6.45) is 0. The molecular weight excluding hydrogens is 360 g/mol. The smallest absolute Gasteiger partial charge is 1.00 e. The summed E-state index contributed by atoms with van der Waals surface area (Å²) in [6.45, 7) is 0. The van der Waals surface area contributed by atoms with Crippen LogP contribution in [0.25, 0.3) is 0 Å². The predicted molar refractivity (Wildman–Crippen MR) is 22.5 cm³/mol. The maximum Gasteiger partial charge on any atom is 2.00 e. The largest absolute Gasteiger partial charge is 2.00 e. The molecule has 0 aromatic carbocycles. The van der Waals surface area contributed by atoms with Crippen LogP contribution in [-0.2, 0) is 0 Å². The molecule has 0 N–H and O–H groups in total. The molecule has 0 spiro atoms. The van der Waals surface area contributed by atoms with E-state index in [0.717, 1.165) is 0 Å². The first-order chi connectivity index (χ1) is 0. The van der Waals surface area contributed by atoms with Gasteiger partial charge < -0.3 is 2.85 Å². The first-order valence-corrected chi connectivity index (χ1v) is 0. The molecule has 0 atom stereocenters. The Kier molecular flexibility index (Phi) is 99.8. The van der Waals surface area contributed by atoms with Crippen LogP contribution in [0.5, 0.6) is 0 Å². The number of halogens is 2. The van der Waals surface area contributed by atoms with Crippen molar-refractivity contribution in [2.45, 2.75) is 0 Å². The second-order valence-electron chi connectivity index (χ2n) is 0. The quantitative estimate of drug-likeness (QED) is 0.555. The first-order valence-electron chi connectivity index (χ1n) is 0. The molecule has 0 saturated heterocycles. The molecule has 0 aliphatic carbocycles. The molecule has 0 aliphatic heterocycles. The zero-order chi connectivity index (χ0) is 0. The Labute approximate surface area is 122 Å². The minimum absolute atomic E-state index is 0.